The molecule has 190 valence electrons. The molecule has 1 fully saturated rings. The van der Waals surface area contributed by atoms with Gasteiger partial charge in [-0.25, -0.2) is 4.98 Å². The van der Waals surface area contributed by atoms with Gasteiger partial charge in [-0.3, -0.25) is 14.3 Å². The fourth-order valence-corrected chi connectivity index (χ4v) is 4.86. The van der Waals surface area contributed by atoms with Crippen molar-refractivity contribution < 1.29 is 9.59 Å². The Bertz CT molecular complexity index is 1450. The number of carbonyl (C=O) groups is 2. The van der Waals surface area contributed by atoms with Crippen LogP contribution in [0.2, 0.25) is 0 Å². The molecule has 37 heavy (non-hydrogen) atoms. The largest absolute Gasteiger partial charge is 0.345 e. The minimum absolute atomic E-state index is 0.0607. The van der Waals surface area contributed by atoms with E-state index in [0.29, 0.717) is 11.3 Å². The molecule has 0 aliphatic carbocycles. The number of anilines is 1. The summed E-state index contributed by atoms with van der Waals surface area (Å²) in [5.41, 5.74) is 5.55. The van der Waals surface area contributed by atoms with Crippen molar-refractivity contribution in [3.8, 4) is 11.3 Å². The molecule has 0 unspecified atom stereocenters. The van der Waals surface area contributed by atoms with Gasteiger partial charge in [-0.1, -0.05) is 30.7 Å². The van der Waals surface area contributed by atoms with Crippen molar-refractivity contribution in [1.82, 2.24) is 25.4 Å². The third kappa shape index (κ3) is 5.39. The van der Waals surface area contributed by atoms with Gasteiger partial charge in [0.15, 0.2) is 0 Å². The molecule has 3 heterocycles. The standard InChI is InChI=1S/C29H32N6O2/c1-18-11-12-21(33-29(37)26-10-6-7-13-30-26)14-23(18)28(36)32-19(2)24-15-27(20-16-31-35(3)17-20)34-25-9-5-4-8-22(24)25/h4-5,8-9,11-12,14-17,19,26,30H,6-7,10,13H2,1-3H3,(H,32,36)(H,33,37)/t19-,26-/m1/s1. The monoisotopic (exact) mass is 496 g/mol. The van der Waals surface area contributed by atoms with Gasteiger partial charge < -0.3 is 16.0 Å². The fraction of sp³-hybridized carbons (Fsp3) is 0.310. The van der Waals surface area contributed by atoms with Gasteiger partial charge >= 0.3 is 0 Å². The highest BCUT2D eigenvalue weighted by Gasteiger charge is 2.22. The van der Waals surface area contributed by atoms with Crippen molar-refractivity contribution in [2.75, 3.05) is 11.9 Å². The highest BCUT2D eigenvalue weighted by molar-refractivity contribution is 6.00. The number of piperidine rings is 1. The smallest absolute Gasteiger partial charge is 0.252 e. The number of aromatic nitrogens is 3. The van der Waals surface area contributed by atoms with Gasteiger partial charge in [0, 0.05) is 35.4 Å². The summed E-state index contributed by atoms with van der Waals surface area (Å²) in [6, 6.07) is 14.9. The van der Waals surface area contributed by atoms with Gasteiger partial charge in [0.05, 0.1) is 29.5 Å². The Labute approximate surface area is 216 Å². The van der Waals surface area contributed by atoms with Crippen molar-refractivity contribution in [2.24, 2.45) is 7.05 Å². The highest BCUT2D eigenvalue weighted by Crippen LogP contribution is 2.29. The van der Waals surface area contributed by atoms with E-state index in [1.165, 1.54) is 0 Å². The normalized spacial score (nSPS) is 16.4. The van der Waals surface area contributed by atoms with Crippen molar-refractivity contribution in [1.29, 1.82) is 0 Å². The lowest BCUT2D eigenvalue weighted by Crippen LogP contribution is -2.43. The van der Waals surface area contributed by atoms with Crippen LogP contribution in [0.25, 0.3) is 22.2 Å². The first-order valence-corrected chi connectivity index (χ1v) is 12.7. The first-order valence-electron chi connectivity index (χ1n) is 12.7. The summed E-state index contributed by atoms with van der Waals surface area (Å²) in [6.45, 7) is 4.72. The van der Waals surface area contributed by atoms with Crippen LogP contribution in [0.3, 0.4) is 0 Å². The zero-order valence-corrected chi connectivity index (χ0v) is 21.4. The van der Waals surface area contributed by atoms with Gasteiger partial charge in [0.25, 0.3) is 5.91 Å². The predicted octanol–water partition coefficient (Wildman–Crippen LogP) is 4.52. The number of pyridine rings is 1. The van der Waals surface area contributed by atoms with E-state index < -0.39 is 0 Å². The van der Waals surface area contributed by atoms with Crippen LogP contribution < -0.4 is 16.0 Å². The molecular formula is C29H32N6O2. The number of nitrogens with one attached hydrogen (secondary N) is 3. The number of carbonyl (C=O) groups excluding carboxylic acids is 2. The molecule has 2 aromatic carbocycles. The van der Waals surface area contributed by atoms with Gasteiger partial charge in [0.2, 0.25) is 5.91 Å². The molecule has 0 bridgehead atoms. The van der Waals surface area contributed by atoms with Crippen molar-refractivity contribution >= 4 is 28.4 Å². The molecule has 2 aromatic heterocycles. The maximum absolute atomic E-state index is 13.4. The molecule has 8 nitrogen and oxygen atoms in total. The third-order valence-corrected chi connectivity index (χ3v) is 6.94. The van der Waals surface area contributed by atoms with Gasteiger partial charge in [0.1, 0.15) is 0 Å². The molecule has 1 saturated heterocycles. The number of fused-ring (bicyclic) bond motifs is 1. The summed E-state index contributed by atoms with van der Waals surface area (Å²) in [5, 5.41) is 14.7. The molecule has 3 N–H and O–H groups in total. The van der Waals surface area contributed by atoms with Crippen LogP contribution in [0.4, 0.5) is 5.69 Å². The second-order valence-electron chi connectivity index (χ2n) is 9.73. The summed E-state index contributed by atoms with van der Waals surface area (Å²) in [4.78, 5) is 30.9. The van der Waals surface area contributed by atoms with Crippen LogP contribution in [-0.4, -0.2) is 39.2 Å². The topological polar surface area (TPSA) is 101 Å². The third-order valence-electron chi connectivity index (χ3n) is 6.94. The number of rotatable bonds is 6. The first kappa shape index (κ1) is 24.6. The van der Waals surface area contributed by atoms with E-state index in [-0.39, 0.29) is 23.9 Å². The number of hydrogen-bond acceptors (Lipinski definition) is 5. The molecule has 1 aliphatic heterocycles. The Kier molecular flexibility index (Phi) is 7.01. The number of para-hydroxylation sites is 1. The summed E-state index contributed by atoms with van der Waals surface area (Å²) in [5.74, 6) is -0.254. The van der Waals surface area contributed by atoms with E-state index >= 15 is 0 Å². The lowest BCUT2D eigenvalue weighted by atomic mass is 9.99. The summed E-state index contributed by atoms with van der Waals surface area (Å²) in [7, 11) is 1.87. The molecule has 0 radical (unpaired) electrons. The van der Waals surface area contributed by atoms with Crippen molar-refractivity contribution in [2.45, 2.75) is 45.2 Å². The number of hydrogen-bond donors (Lipinski definition) is 3. The van der Waals surface area contributed by atoms with Crippen LogP contribution in [0, 0.1) is 6.92 Å². The number of nitrogens with zero attached hydrogens (tertiary/aromatic N) is 3. The Hall–Kier alpha value is -4.04. The van der Waals surface area contributed by atoms with E-state index in [1.54, 1.807) is 16.9 Å². The average molecular weight is 497 g/mol. The molecule has 2 atom stereocenters. The molecule has 1 aliphatic rings. The zero-order chi connectivity index (χ0) is 25.9. The number of aryl methyl sites for hydroxylation is 2. The van der Waals surface area contributed by atoms with Crippen LogP contribution in [-0.2, 0) is 11.8 Å². The zero-order valence-electron chi connectivity index (χ0n) is 21.4. The van der Waals surface area contributed by atoms with Gasteiger partial charge in [-0.15, -0.1) is 0 Å². The maximum Gasteiger partial charge on any atom is 0.252 e. The maximum atomic E-state index is 13.4. The molecule has 8 heteroatoms. The Morgan fingerprint density at radius 2 is 1.97 bits per heavy atom. The molecular weight excluding hydrogens is 464 g/mol. The van der Waals surface area contributed by atoms with E-state index in [4.69, 9.17) is 4.98 Å². The van der Waals surface area contributed by atoms with E-state index in [9.17, 15) is 9.59 Å². The molecule has 0 saturated carbocycles. The Balaban J connectivity index is 1.39. The molecule has 2 amide bonds. The van der Waals surface area contributed by atoms with Crippen LogP contribution in [0.5, 0.6) is 0 Å². The molecule has 5 rings (SSSR count). The van der Waals surface area contributed by atoms with Crippen LogP contribution in [0.15, 0.2) is 60.9 Å². The lowest BCUT2D eigenvalue weighted by Gasteiger charge is -2.23. The lowest BCUT2D eigenvalue weighted by molar-refractivity contribution is -0.118. The summed E-state index contributed by atoms with van der Waals surface area (Å²) in [6.07, 6.45) is 6.67. The van der Waals surface area contributed by atoms with Crippen LogP contribution >= 0.6 is 0 Å². The van der Waals surface area contributed by atoms with Gasteiger partial charge in [-0.2, -0.15) is 5.10 Å². The van der Waals surface area contributed by atoms with Crippen molar-refractivity contribution in [3.05, 3.63) is 77.6 Å². The Morgan fingerprint density at radius 1 is 1.14 bits per heavy atom. The molecule has 0 spiro atoms. The van der Waals surface area contributed by atoms with E-state index in [1.807, 2.05) is 69.6 Å². The van der Waals surface area contributed by atoms with Gasteiger partial charge in [-0.05, 0) is 68.6 Å². The minimum atomic E-state index is -0.278. The number of benzene rings is 2. The first-order chi connectivity index (χ1) is 17.9. The van der Waals surface area contributed by atoms with E-state index in [2.05, 4.69) is 21.0 Å². The Morgan fingerprint density at radius 3 is 2.73 bits per heavy atom. The predicted molar refractivity (Wildman–Crippen MR) is 145 cm³/mol. The highest BCUT2D eigenvalue weighted by atomic mass is 16.2. The van der Waals surface area contributed by atoms with Crippen molar-refractivity contribution in [3.63, 3.8) is 0 Å². The molecule has 4 aromatic rings. The minimum Gasteiger partial charge on any atom is -0.345 e. The van der Waals surface area contributed by atoms with Crippen LogP contribution in [0.1, 0.15) is 53.7 Å². The average Bonchev–Trinajstić information content (AvgIpc) is 3.35. The van der Waals surface area contributed by atoms with E-state index in [0.717, 1.165) is 59.1 Å². The number of amides is 2. The second-order valence-corrected chi connectivity index (χ2v) is 9.73. The summed E-state index contributed by atoms with van der Waals surface area (Å²) < 4.78 is 1.75. The fourth-order valence-electron chi connectivity index (χ4n) is 4.86. The summed E-state index contributed by atoms with van der Waals surface area (Å²) >= 11 is 0. The quantitative estimate of drug-likeness (QED) is 0.365. The SMILES string of the molecule is Cc1ccc(NC(=O)[C@H]2CCCCN2)cc1C(=O)N[C@H](C)c1cc(-c2cnn(C)c2)nc2ccccc12. The second kappa shape index (κ2) is 10.5.